The Kier molecular flexibility index (Phi) is 5.78. The zero-order valence-electron chi connectivity index (χ0n) is 13.5. The van der Waals surface area contributed by atoms with Crippen LogP contribution in [0.2, 0.25) is 9.36 Å². The van der Waals surface area contributed by atoms with Crippen molar-refractivity contribution in [3.63, 3.8) is 0 Å². The molecule has 7 heteroatoms. The predicted molar refractivity (Wildman–Crippen MR) is 101 cm³/mol. The molecule has 3 aromatic rings. The van der Waals surface area contributed by atoms with E-state index in [1.165, 1.54) is 11.3 Å². The number of hydrogen-bond acceptors (Lipinski definition) is 4. The summed E-state index contributed by atoms with van der Waals surface area (Å²) in [7, 11) is 0. The maximum Gasteiger partial charge on any atom is 0.221 e. The maximum absolute atomic E-state index is 12.1. The highest BCUT2D eigenvalue weighted by Gasteiger charge is 2.13. The molecular formula is C18H16Cl2N2O2S. The van der Waals surface area contributed by atoms with Crippen LogP contribution in [0.4, 0.5) is 0 Å². The van der Waals surface area contributed by atoms with Crippen LogP contribution in [-0.4, -0.2) is 10.9 Å². The Bertz CT molecular complexity index is 858. The summed E-state index contributed by atoms with van der Waals surface area (Å²) in [6, 6.07) is 11.0. The minimum Gasteiger partial charge on any atom is -0.441 e. The van der Waals surface area contributed by atoms with E-state index in [9.17, 15) is 4.79 Å². The van der Waals surface area contributed by atoms with E-state index < -0.39 is 0 Å². The lowest BCUT2D eigenvalue weighted by Crippen LogP contribution is -2.26. The molecule has 1 N–H and O–H groups in total. The molecule has 1 unspecified atom stereocenters. The highest BCUT2D eigenvalue weighted by Crippen LogP contribution is 2.27. The summed E-state index contributed by atoms with van der Waals surface area (Å²) in [5.41, 5.74) is 0.899. The number of nitrogens with zero attached hydrogens (tertiary/aromatic N) is 1. The molecular weight excluding hydrogens is 379 g/mol. The Morgan fingerprint density at radius 3 is 2.68 bits per heavy atom. The minimum absolute atomic E-state index is 0.0525. The van der Waals surface area contributed by atoms with Crippen molar-refractivity contribution in [1.82, 2.24) is 10.3 Å². The molecule has 0 saturated heterocycles. The van der Waals surface area contributed by atoms with E-state index in [0.717, 1.165) is 10.4 Å². The van der Waals surface area contributed by atoms with Crippen LogP contribution < -0.4 is 5.32 Å². The summed E-state index contributed by atoms with van der Waals surface area (Å²) in [5, 5.41) is 3.62. The predicted octanol–water partition coefficient (Wildman–Crippen LogP) is 5.52. The van der Waals surface area contributed by atoms with Crippen molar-refractivity contribution < 1.29 is 9.21 Å². The van der Waals surface area contributed by atoms with Crippen LogP contribution in [0.15, 0.2) is 47.0 Å². The quantitative estimate of drug-likeness (QED) is 0.598. The van der Waals surface area contributed by atoms with Gasteiger partial charge in [0.2, 0.25) is 5.91 Å². The Morgan fingerprint density at radius 1 is 1.24 bits per heavy atom. The number of nitrogens with one attached hydrogen (secondary N) is 1. The standard InChI is InChI=1S/C18H16Cl2N2O2S/c1-11(15-6-7-16(20)25-15)22-17(23)8-9-18-21-10-14(24-18)12-2-4-13(19)5-3-12/h2-7,10-11H,8-9H2,1H3,(H,22,23). The van der Waals surface area contributed by atoms with E-state index >= 15 is 0 Å². The number of carbonyl (C=O) groups excluding carboxylic acids is 1. The third-order valence-electron chi connectivity index (χ3n) is 3.65. The van der Waals surface area contributed by atoms with Crippen molar-refractivity contribution in [2.24, 2.45) is 0 Å². The van der Waals surface area contributed by atoms with E-state index in [0.29, 0.717) is 33.9 Å². The smallest absolute Gasteiger partial charge is 0.221 e. The maximum atomic E-state index is 12.1. The van der Waals surface area contributed by atoms with Crippen LogP contribution in [-0.2, 0) is 11.2 Å². The molecule has 0 radical (unpaired) electrons. The fraction of sp³-hybridized carbons (Fsp3) is 0.222. The molecule has 2 heterocycles. The average molecular weight is 395 g/mol. The first kappa shape index (κ1) is 18.0. The molecule has 1 atom stereocenters. The molecule has 0 aliphatic rings. The topological polar surface area (TPSA) is 55.1 Å². The molecule has 130 valence electrons. The Morgan fingerprint density at radius 2 is 2.00 bits per heavy atom. The van der Waals surface area contributed by atoms with Gasteiger partial charge in [0.05, 0.1) is 16.6 Å². The fourth-order valence-electron chi connectivity index (χ4n) is 2.34. The lowest BCUT2D eigenvalue weighted by atomic mass is 10.2. The first-order valence-corrected chi connectivity index (χ1v) is 9.34. The first-order chi connectivity index (χ1) is 12.0. The highest BCUT2D eigenvalue weighted by atomic mass is 35.5. The number of amides is 1. The highest BCUT2D eigenvalue weighted by molar-refractivity contribution is 7.16. The number of oxazole rings is 1. The van der Waals surface area contributed by atoms with Crippen molar-refractivity contribution in [3.8, 4) is 11.3 Å². The number of hydrogen-bond donors (Lipinski definition) is 1. The van der Waals surface area contributed by atoms with Gasteiger partial charge in [0, 0.05) is 28.3 Å². The number of halogens is 2. The number of aromatic nitrogens is 1. The lowest BCUT2D eigenvalue weighted by molar-refractivity contribution is -0.121. The summed E-state index contributed by atoms with van der Waals surface area (Å²) in [4.78, 5) is 17.4. The second-order valence-corrected chi connectivity index (χ2v) is 7.74. The van der Waals surface area contributed by atoms with E-state index in [4.69, 9.17) is 27.6 Å². The minimum atomic E-state index is -0.0702. The molecule has 0 aliphatic heterocycles. The van der Waals surface area contributed by atoms with Gasteiger partial charge in [0.15, 0.2) is 11.7 Å². The van der Waals surface area contributed by atoms with E-state index in [1.807, 2.05) is 31.2 Å². The second kappa shape index (κ2) is 8.04. The number of aryl methyl sites for hydroxylation is 1. The zero-order valence-corrected chi connectivity index (χ0v) is 15.8. The van der Waals surface area contributed by atoms with E-state index in [1.54, 1.807) is 18.3 Å². The van der Waals surface area contributed by atoms with E-state index in [-0.39, 0.29) is 11.9 Å². The molecule has 0 spiro atoms. The van der Waals surface area contributed by atoms with Crippen LogP contribution >= 0.6 is 34.5 Å². The monoisotopic (exact) mass is 394 g/mol. The van der Waals surface area contributed by atoms with Crippen molar-refractivity contribution >= 4 is 40.4 Å². The van der Waals surface area contributed by atoms with Gasteiger partial charge >= 0.3 is 0 Å². The molecule has 0 saturated carbocycles. The van der Waals surface area contributed by atoms with Gasteiger partial charge in [-0.25, -0.2) is 4.98 Å². The lowest BCUT2D eigenvalue weighted by Gasteiger charge is -2.11. The van der Waals surface area contributed by atoms with Crippen LogP contribution in [0.25, 0.3) is 11.3 Å². The summed E-state index contributed by atoms with van der Waals surface area (Å²) in [6.45, 7) is 1.93. The van der Waals surface area contributed by atoms with Crippen LogP contribution in [0, 0.1) is 0 Å². The normalized spacial score (nSPS) is 12.1. The van der Waals surface area contributed by atoms with Crippen molar-refractivity contribution in [2.75, 3.05) is 0 Å². The Hall–Kier alpha value is -1.82. The van der Waals surface area contributed by atoms with Gasteiger partial charge in [-0.2, -0.15) is 0 Å². The van der Waals surface area contributed by atoms with Gasteiger partial charge in [-0.05, 0) is 43.3 Å². The van der Waals surface area contributed by atoms with Crippen LogP contribution in [0.3, 0.4) is 0 Å². The molecule has 25 heavy (non-hydrogen) atoms. The van der Waals surface area contributed by atoms with Crippen LogP contribution in [0.5, 0.6) is 0 Å². The molecule has 4 nitrogen and oxygen atoms in total. The first-order valence-electron chi connectivity index (χ1n) is 7.76. The second-order valence-electron chi connectivity index (χ2n) is 5.56. The Labute approximate surface area is 159 Å². The molecule has 1 aromatic carbocycles. The Balaban J connectivity index is 1.53. The summed E-state index contributed by atoms with van der Waals surface area (Å²) >= 11 is 13.3. The average Bonchev–Trinajstić information content (AvgIpc) is 3.23. The molecule has 1 amide bonds. The van der Waals surface area contributed by atoms with Gasteiger partial charge in [0.25, 0.3) is 0 Å². The van der Waals surface area contributed by atoms with Gasteiger partial charge < -0.3 is 9.73 Å². The number of benzene rings is 1. The summed E-state index contributed by atoms with van der Waals surface area (Å²) in [5.74, 6) is 1.14. The molecule has 0 aliphatic carbocycles. The van der Waals surface area contributed by atoms with E-state index in [2.05, 4.69) is 10.3 Å². The molecule has 0 fully saturated rings. The molecule has 3 rings (SSSR count). The zero-order chi connectivity index (χ0) is 17.8. The number of rotatable bonds is 6. The van der Waals surface area contributed by atoms with Crippen molar-refractivity contribution in [2.45, 2.75) is 25.8 Å². The summed E-state index contributed by atoms with van der Waals surface area (Å²) in [6.07, 6.45) is 2.41. The van der Waals surface area contributed by atoms with Gasteiger partial charge in [-0.1, -0.05) is 23.2 Å². The third-order valence-corrected chi connectivity index (χ3v) is 5.31. The number of carbonyl (C=O) groups is 1. The largest absolute Gasteiger partial charge is 0.441 e. The van der Waals surface area contributed by atoms with Crippen molar-refractivity contribution in [3.05, 3.63) is 62.7 Å². The van der Waals surface area contributed by atoms with Gasteiger partial charge in [0.1, 0.15) is 0 Å². The van der Waals surface area contributed by atoms with Gasteiger partial charge in [-0.15, -0.1) is 11.3 Å². The summed E-state index contributed by atoms with van der Waals surface area (Å²) < 4.78 is 6.42. The fourth-order valence-corrected chi connectivity index (χ4v) is 3.53. The number of thiophene rings is 1. The molecule has 2 aromatic heterocycles. The van der Waals surface area contributed by atoms with Crippen molar-refractivity contribution in [1.29, 1.82) is 0 Å². The molecule has 0 bridgehead atoms. The third kappa shape index (κ3) is 4.84. The SMILES string of the molecule is CC(NC(=O)CCc1ncc(-c2ccc(Cl)cc2)o1)c1ccc(Cl)s1. The van der Waals surface area contributed by atoms with Crippen LogP contribution in [0.1, 0.15) is 30.2 Å². The van der Waals surface area contributed by atoms with Gasteiger partial charge in [-0.3, -0.25) is 4.79 Å².